The third-order valence-electron chi connectivity index (χ3n) is 5.88. The number of hydrogen-bond donors (Lipinski definition) is 2. The summed E-state index contributed by atoms with van der Waals surface area (Å²) < 4.78 is 5.56. The van der Waals surface area contributed by atoms with Crippen molar-refractivity contribution in [1.82, 2.24) is 9.97 Å². The van der Waals surface area contributed by atoms with Crippen molar-refractivity contribution in [2.45, 2.75) is 50.5 Å². The second-order valence-electron chi connectivity index (χ2n) is 7.58. The second-order valence-corrected chi connectivity index (χ2v) is 7.58. The molecule has 2 saturated heterocycles. The molecule has 2 aliphatic heterocycles. The van der Waals surface area contributed by atoms with Gasteiger partial charge in [0.1, 0.15) is 5.82 Å². The fourth-order valence-electron chi connectivity index (χ4n) is 4.36. The molecule has 3 fully saturated rings. The Morgan fingerprint density at radius 2 is 1.84 bits per heavy atom. The van der Waals surface area contributed by atoms with Crippen LogP contribution >= 0.6 is 24.8 Å². The number of nitrogens with zero attached hydrogens (tertiary/aromatic N) is 3. The average Bonchev–Trinajstić information content (AvgIpc) is 2.52. The lowest BCUT2D eigenvalue weighted by Crippen LogP contribution is -2.46. The topological polar surface area (TPSA) is 90.3 Å². The first-order valence-corrected chi connectivity index (χ1v) is 8.86. The van der Waals surface area contributed by atoms with Gasteiger partial charge in [-0.2, -0.15) is 4.98 Å². The molecule has 25 heavy (non-hydrogen) atoms. The SMILES string of the molecule is Cl.Cl.Nc1nc(C2CC(N)C2)cc(N2CCCC3(CCOCC3)C2)n1. The van der Waals surface area contributed by atoms with Gasteiger partial charge >= 0.3 is 0 Å². The quantitative estimate of drug-likeness (QED) is 0.807. The van der Waals surface area contributed by atoms with E-state index in [0.29, 0.717) is 23.3 Å². The molecule has 4 rings (SSSR count). The van der Waals surface area contributed by atoms with E-state index in [4.69, 9.17) is 16.2 Å². The maximum Gasteiger partial charge on any atom is 0.222 e. The minimum atomic E-state index is 0. The van der Waals surface area contributed by atoms with Gasteiger partial charge in [0.05, 0.1) is 5.69 Å². The molecule has 1 aromatic heterocycles. The van der Waals surface area contributed by atoms with Gasteiger partial charge in [-0.05, 0) is 43.9 Å². The summed E-state index contributed by atoms with van der Waals surface area (Å²) in [5.74, 6) is 1.85. The zero-order valence-electron chi connectivity index (χ0n) is 14.5. The van der Waals surface area contributed by atoms with Gasteiger partial charge in [0.15, 0.2) is 0 Å². The van der Waals surface area contributed by atoms with Crippen LogP contribution in [0, 0.1) is 5.41 Å². The van der Waals surface area contributed by atoms with E-state index in [0.717, 1.165) is 63.5 Å². The average molecular weight is 390 g/mol. The van der Waals surface area contributed by atoms with E-state index in [1.807, 2.05) is 0 Å². The largest absolute Gasteiger partial charge is 0.381 e. The Hall–Kier alpha value is -0.820. The van der Waals surface area contributed by atoms with Gasteiger partial charge in [0.2, 0.25) is 5.95 Å². The van der Waals surface area contributed by atoms with E-state index in [-0.39, 0.29) is 24.8 Å². The van der Waals surface area contributed by atoms with Gasteiger partial charge in [0, 0.05) is 44.3 Å². The van der Waals surface area contributed by atoms with Crippen LogP contribution in [0.3, 0.4) is 0 Å². The highest BCUT2D eigenvalue weighted by molar-refractivity contribution is 5.85. The Morgan fingerprint density at radius 1 is 1.12 bits per heavy atom. The summed E-state index contributed by atoms with van der Waals surface area (Å²) in [6.45, 7) is 3.91. The summed E-state index contributed by atoms with van der Waals surface area (Å²) in [5.41, 5.74) is 13.4. The molecule has 1 spiro atoms. The standard InChI is InChI=1S/C17H27N5O.2ClH/c18-13-8-12(9-13)14-10-15(21-16(19)20-14)22-5-1-2-17(11-22)3-6-23-7-4-17;;/h10,12-13H,1-9,11,18H2,(H2,19,20,21);2*1H. The van der Waals surface area contributed by atoms with Crippen LogP contribution in [0.5, 0.6) is 0 Å². The molecule has 3 heterocycles. The molecular weight excluding hydrogens is 361 g/mol. The Bertz CT molecular complexity index is 571. The predicted octanol–water partition coefficient (Wildman–Crippen LogP) is 2.50. The van der Waals surface area contributed by atoms with Crippen LogP contribution in [0.4, 0.5) is 11.8 Å². The van der Waals surface area contributed by atoms with E-state index in [2.05, 4.69) is 20.9 Å². The summed E-state index contributed by atoms with van der Waals surface area (Å²) in [4.78, 5) is 11.4. The normalized spacial score (nSPS) is 27.8. The zero-order chi connectivity index (χ0) is 15.9. The number of piperidine rings is 1. The van der Waals surface area contributed by atoms with Gasteiger partial charge in [-0.15, -0.1) is 24.8 Å². The maximum absolute atomic E-state index is 5.99. The molecule has 0 bridgehead atoms. The molecule has 0 radical (unpaired) electrons. The monoisotopic (exact) mass is 389 g/mol. The van der Waals surface area contributed by atoms with Crippen molar-refractivity contribution in [3.63, 3.8) is 0 Å². The van der Waals surface area contributed by atoms with Crippen LogP contribution < -0.4 is 16.4 Å². The van der Waals surface area contributed by atoms with Crippen LogP contribution in [-0.4, -0.2) is 42.3 Å². The summed E-state index contributed by atoms with van der Waals surface area (Å²) >= 11 is 0. The number of aromatic nitrogens is 2. The molecule has 142 valence electrons. The maximum atomic E-state index is 5.99. The molecule has 4 N–H and O–H groups in total. The molecule has 1 aromatic rings. The number of rotatable bonds is 2. The first-order chi connectivity index (χ1) is 11.1. The third-order valence-corrected chi connectivity index (χ3v) is 5.88. The van der Waals surface area contributed by atoms with Crippen molar-refractivity contribution in [3.8, 4) is 0 Å². The van der Waals surface area contributed by atoms with Gasteiger partial charge in [-0.1, -0.05) is 0 Å². The lowest BCUT2D eigenvalue weighted by molar-refractivity contribution is 0.00746. The Labute approximate surface area is 161 Å². The number of nitrogens with two attached hydrogens (primary N) is 2. The van der Waals surface area contributed by atoms with Crippen LogP contribution in [0.2, 0.25) is 0 Å². The smallest absolute Gasteiger partial charge is 0.222 e. The van der Waals surface area contributed by atoms with Crippen LogP contribution in [0.1, 0.15) is 50.1 Å². The van der Waals surface area contributed by atoms with Crippen LogP contribution in [0.15, 0.2) is 6.07 Å². The van der Waals surface area contributed by atoms with Crippen molar-refractivity contribution in [2.75, 3.05) is 36.9 Å². The Balaban J connectivity index is 0.00000113. The number of hydrogen-bond acceptors (Lipinski definition) is 6. The Morgan fingerprint density at radius 3 is 2.52 bits per heavy atom. The molecule has 0 aromatic carbocycles. The molecule has 0 atom stereocenters. The van der Waals surface area contributed by atoms with Gasteiger partial charge in [-0.25, -0.2) is 4.98 Å². The first-order valence-electron chi connectivity index (χ1n) is 8.86. The second kappa shape index (κ2) is 8.25. The van der Waals surface area contributed by atoms with E-state index >= 15 is 0 Å². The van der Waals surface area contributed by atoms with Gasteiger partial charge in [-0.3, -0.25) is 0 Å². The van der Waals surface area contributed by atoms with Crippen LogP contribution in [0.25, 0.3) is 0 Å². The van der Waals surface area contributed by atoms with E-state index in [1.54, 1.807) is 0 Å². The lowest BCUT2D eigenvalue weighted by atomic mass is 9.74. The van der Waals surface area contributed by atoms with Gasteiger partial charge < -0.3 is 21.1 Å². The third kappa shape index (κ3) is 4.30. The molecule has 0 unspecified atom stereocenters. The van der Waals surface area contributed by atoms with Crippen molar-refractivity contribution in [3.05, 3.63) is 11.8 Å². The molecule has 1 aliphatic carbocycles. The predicted molar refractivity (Wildman–Crippen MR) is 105 cm³/mol. The highest BCUT2D eigenvalue weighted by atomic mass is 35.5. The lowest BCUT2D eigenvalue weighted by Gasteiger charge is -2.45. The van der Waals surface area contributed by atoms with Crippen molar-refractivity contribution >= 4 is 36.6 Å². The van der Waals surface area contributed by atoms with Crippen molar-refractivity contribution in [1.29, 1.82) is 0 Å². The number of nitrogen functional groups attached to an aromatic ring is 1. The highest BCUT2D eigenvalue weighted by Gasteiger charge is 2.38. The van der Waals surface area contributed by atoms with E-state index in [1.165, 1.54) is 12.8 Å². The minimum Gasteiger partial charge on any atom is -0.381 e. The van der Waals surface area contributed by atoms with E-state index < -0.39 is 0 Å². The molecule has 0 amide bonds. The van der Waals surface area contributed by atoms with Crippen LogP contribution in [-0.2, 0) is 4.74 Å². The summed E-state index contributed by atoms with van der Waals surface area (Å²) in [6, 6.07) is 2.46. The van der Waals surface area contributed by atoms with Crippen molar-refractivity contribution in [2.24, 2.45) is 11.1 Å². The highest BCUT2D eigenvalue weighted by Crippen LogP contribution is 2.41. The first kappa shape index (κ1) is 20.5. The summed E-state index contributed by atoms with van der Waals surface area (Å²) in [6.07, 6.45) is 6.86. The number of halogens is 2. The Kier molecular flexibility index (Phi) is 6.76. The molecule has 6 nitrogen and oxygen atoms in total. The molecular formula is C17H29Cl2N5O. The molecule has 8 heteroatoms. The minimum absolute atomic E-state index is 0. The van der Waals surface area contributed by atoms with Crippen molar-refractivity contribution < 1.29 is 4.74 Å². The van der Waals surface area contributed by atoms with Gasteiger partial charge in [0.25, 0.3) is 0 Å². The number of ether oxygens (including phenoxy) is 1. The summed E-state index contributed by atoms with van der Waals surface area (Å²) in [7, 11) is 0. The van der Waals surface area contributed by atoms with E-state index in [9.17, 15) is 0 Å². The fraction of sp³-hybridized carbons (Fsp3) is 0.765. The molecule has 3 aliphatic rings. The zero-order valence-corrected chi connectivity index (χ0v) is 16.2. The molecule has 1 saturated carbocycles. The number of anilines is 2. The summed E-state index contributed by atoms with van der Waals surface area (Å²) in [5, 5.41) is 0. The fourth-order valence-corrected chi connectivity index (χ4v) is 4.36.